The van der Waals surface area contributed by atoms with Gasteiger partial charge in [-0.2, -0.15) is 0 Å². The maximum absolute atomic E-state index is 13.2. The van der Waals surface area contributed by atoms with Crippen molar-refractivity contribution in [2.45, 2.75) is 22.6 Å². The van der Waals surface area contributed by atoms with Gasteiger partial charge in [0.15, 0.2) is 0 Å². The van der Waals surface area contributed by atoms with Crippen LogP contribution in [0.1, 0.15) is 22.8 Å². The second-order valence-electron chi connectivity index (χ2n) is 7.41. The van der Waals surface area contributed by atoms with Crippen molar-refractivity contribution in [1.29, 1.82) is 0 Å². The van der Waals surface area contributed by atoms with Crippen LogP contribution in [0.3, 0.4) is 0 Å². The van der Waals surface area contributed by atoms with E-state index in [1.807, 2.05) is 61.5 Å². The molecule has 2 aromatic rings. The molecule has 4 rings (SSSR count). The summed E-state index contributed by atoms with van der Waals surface area (Å²) in [6.45, 7) is 2.12. The fourth-order valence-electron chi connectivity index (χ4n) is 4.25. The van der Waals surface area contributed by atoms with Gasteiger partial charge in [-0.05, 0) is 31.0 Å². The van der Waals surface area contributed by atoms with Crippen molar-refractivity contribution in [2.24, 2.45) is 11.3 Å². The first-order chi connectivity index (χ1) is 13.9. The third-order valence-electron chi connectivity index (χ3n) is 5.65. The molecule has 29 heavy (non-hydrogen) atoms. The largest absolute Gasteiger partial charge is 0.465 e. The van der Waals surface area contributed by atoms with Crippen LogP contribution in [0.15, 0.2) is 72.9 Å². The average Bonchev–Trinajstić information content (AvgIpc) is 3.32. The molecule has 150 valence electrons. The SMILES string of the molecule is CCOC(=O)[C@]1(Cc2ccccc2)C=CN(C(=O)c2ccccc2)[C@H]2[C@H]1C2(Br)Br. The number of halogens is 2. The zero-order valence-electron chi connectivity index (χ0n) is 15.9. The fraction of sp³-hybridized carbons (Fsp3) is 0.304. The summed E-state index contributed by atoms with van der Waals surface area (Å²) < 4.78 is 4.93. The molecule has 0 radical (unpaired) electrons. The van der Waals surface area contributed by atoms with Gasteiger partial charge in [0.05, 0.1) is 18.1 Å². The maximum atomic E-state index is 13.2. The minimum Gasteiger partial charge on any atom is -0.465 e. The molecule has 1 amide bonds. The Morgan fingerprint density at radius 2 is 1.66 bits per heavy atom. The van der Waals surface area contributed by atoms with Crippen LogP contribution >= 0.6 is 31.9 Å². The zero-order valence-corrected chi connectivity index (χ0v) is 19.1. The minimum atomic E-state index is -0.859. The molecule has 4 nitrogen and oxygen atoms in total. The van der Waals surface area contributed by atoms with Crippen molar-refractivity contribution >= 4 is 43.7 Å². The predicted octanol–water partition coefficient (Wildman–Crippen LogP) is 4.93. The third-order valence-corrected chi connectivity index (χ3v) is 7.58. The Morgan fingerprint density at radius 1 is 1.03 bits per heavy atom. The van der Waals surface area contributed by atoms with Crippen molar-refractivity contribution in [1.82, 2.24) is 4.90 Å². The monoisotopic (exact) mass is 517 g/mol. The standard InChI is InChI=1S/C23H21Br2NO3/c1-2-29-21(28)22(15-16-9-5-3-6-10-16)13-14-26(19-18(22)23(19,24)25)20(27)17-11-7-4-8-12-17/h3-14,18-19H,2,15H2,1H3/t18-,19+,22+/m1/s1. The van der Waals surface area contributed by atoms with Gasteiger partial charge in [-0.15, -0.1) is 0 Å². The molecular formula is C23H21Br2NO3. The second kappa shape index (κ2) is 7.73. The lowest BCUT2D eigenvalue weighted by atomic mass is 9.75. The van der Waals surface area contributed by atoms with Crippen molar-refractivity contribution in [3.8, 4) is 0 Å². The number of amides is 1. The molecule has 0 unspecified atom stereocenters. The average molecular weight is 519 g/mol. The van der Waals surface area contributed by atoms with E-state index in [2.05, 4.69) is 31.9 Å². The summed E-state index contributed by atoms with van der Waals surface area (Å²) in [5.74, 6) is -0.510. The van der Waals surface area contributed by atoms with Crippen molar-refractivity contribution < 1.29 is 14.3 Å². The lowest BCUT2D eigenvalue weighted by molar-refractivity contribution is -0.154. The van der Waals surface area contributed by atoms with E-state index in [9.17, 15) is 9.59 Å². The Hall–Kier alpha value is -1.92. The van der Waals surface area contributed by atoms with E-state index in [0.29, 0.717) is 18.6 Å². The number of benzene rings is 2. The molecule has 1 fully saturated rings. The van der Waals surface area contributed by atoms with Gasteiger partial charge < -0.3 is 9.64 Å². The highest BCUT2D eigenvalue weighted by molar-refractivity contribution is 9.25. The number of ether oxygens (including phenoxy) is 1. The molecule has 2 aromatic carbocycles. The van der Waals surface area contributed by atoms with Gasteiger partial charge >= 0.3 is 5.97 Å². The number of esters is 1. The summed E-state index contributed by atoms with van der Waals surface area (Å²) in [5.41, 5.74) is 0.808. The normalized spacial score (nSPS) is 26.5. The van der Waals surface area contributed by atoms with Crippen molar-refractivity contribution in [3.63, 3.8) is 0 Å². The van der Waals surface area contributed by atoms with Gasteiger partial charge in [0.25, 0.3) is 5.91 Å². The molecule has 0 aromatic heterocycles. The number of carbonyl (C=O) groups is 2. The van der Waals surface area contributed by atoms with Crippen molar-refractivity contribution in [2.75, 3.05) is 6.61 Å². The van der Waals surface area contributed by atoms with E-state index in [1.54, 1.807) is 23.2 Å². The highest BCUT2D eigenvalue weighted by Gasteiger charge is 2.75. The van der Waals surface area contributed by atoms with E-state index in [-0.39, 0.29) is 23.8 Å². The predicted molar refractivity (Wildman–Crippen MR) is 119 cm³/mol. The Kier molecular flexibility index (Phi) is 5.42. The zero-order chi connectivity index (χ0) is 20.6. The van der Waals surface area contributed by atoms with Crippen LogP contribution in [-0.2, 0) is 16.0 Å². The molecule has 6 heteroatoms. The molecule has 0 saturated heterocycles. The Labute approximate surface area is 187 Å². The van der Waals surface area contributed by atoms with Crippen molar-refractivity contribution in [3.05, 3.63) is 84.1 Å². The van der Waals surface area contributed by atoms with Gasteiger partial charge in [-0.1, -0.05) is 86.5 Å². The van der Waals surface area contributed by atoms with E-state index >= 15 is 0 Å². The van der Waals surface area contributed by atoms with Crippen LogP contribution in [0.25, 0.3) is 0 Å². The lowest BCUT2D eigenvalue weighted by Crippen LogP contribution is -2.43. The summed E-state index contributed by atoms with van der Waals surface area (Å²) in [4.78, 5) is 28.0. The van der Waals surface area contributed by atoms with E-state index < -0.39 is 8.65 Å². The fourth-order valence-corrected chi connectivity index (χ4v) is 6.27. The topological polar surface area (TPSA) is 46.6 Å². The number of nitrogens with zero attached hydrogens (tertiary/aromatic N) is 1. The van der Waals surface area contributed by atoms with Crippen LogP contribution in [0.4, 0.5) is 0 Å². The maximum Gasteiger partial charge on any atom is 0.316 e. The number of hydrogen-bond donors (Lipinski definition) is 0. The van der Waals surface area contributed by atoms with Crippen LogP contribution in [0.2, 0.25) is 0 Å². The number of rotatable bonds is 5. The lowest BCUT2D eigenvalue weighted by Gasteiger charge is -2.34. The molecule has 1 aliphatic heterocycles. The van der Waals surface area contributed by atoms with Gasteiger partial charge in [0, 0.05) is 17.7 Å². The summed E-state index contributed by atoms with van der Waals surface area (Å²) in [6.07, 6.45) is 4.11. The first kappa shape index (κ1) is 20.4. The second-order valence-corrected chi connectivity index (χ2v) is 11.1. The van der Waals surface area contributed by atoms with E-state index in [0.717, 1.165) is 5.56 Å². The first-order valence-corrected chi connectivity index (χ1v) is 11.2. The van der Waals surface area contributed by atoms with Crippen LogP contribution < -0.4 is 0 Å². The summed E-state index contributed by atoms with van der Waals surface area (Å²) in [5, 5.41) is 0. The molecule has 1 saturated carbocycles. The minimum absolute atomic E-state index is 0.0882. The quantitative estimate of drug-likeness (QED) is 0.416. The summed E-state index contributed by atoms with van der Waals surface area (Å²) >= 11 is 7.49. The smallest absolute Gasteiger partial charge is 0.316 e. The highest BCUT2D eigenvalue weighted by Crippen LogP contribution is 2.69. The summed E-state index contributed by atoms with van der Waals surface area (Å²) in [7, 11) is 0. The van der Waals surface area contributed by atoms with Gasteiger partial charge in [-0.25, -0.2) is 0 Å². The molecule has 1 heterocycles. The third kappa shape index (κ3) is 3.46. The summed E-state index contributed by atoms with van der Waals surface area (Å²) in [6, 6.07) is 18.9. The Balaban J connectivity index is 1.74. The molecule has 2 aliphatic rings. The van der Waals surface area contributed by atoms with Gasteiger partial charge in [0.2, 0.25) is 0 Å². The highest BCUT2D eigenvalue weighted by atomic mass is 79.9. The molecule has 1 aliphatic carbocycles. The number of carbonyl (C=O) groups excluding carboxylic acids is 2. The van der Waals surface area contributed by atoms with Gasteiger partial charge in [-0.3, -0.25) is 9.59 Å². The Bertz CT molecular complexity index is 945. The number of alkyl halides is 2. The molecular weight excluding hydrogens is 498 g/mol. The van der Waals surface area contributed by atoms with E-state index in [4.69, 9.17) is 4.74 Å². The van der Waals surface area contributed by atoms with Crippen LogP contribution in [0.5, 0.6) is 0 Å². The molecule has 0 N–H and O–H groups in total. The van der Waals surface area contributed by atoms with Gasteiger partial charge in [0.1, 0.15) is 3.23 Å². The molecule has 3 atom stereocenters. The number of hydrogen-bond acceptors (Lipinski definition) is 3. The van der Waals surface area contributed by atoms with Crippen LogP contribution in [0, 0.1) is 11.3 Å². The Morgan fingerprint density at radius 3 is 2.28 bits per heavy atom. The first-order valence-electron chi connectivity index (χ1n) is 9.58. The van der Waals surface area contributed by atoms with Crippen LogP contribution in [-0.4, -0.2) is 32.7 Å². The molecule has 0 bridgehead atoms. The molecule has 0 spiro atoms. The van der Waals surface area contributed by atoms with E-state index in [1.165, 1.54) is 0 Å². The number of fused-ring (bicyclic) bond motifs is 1.